The first kappa shape index (κ1) is 29.5. The van der Waals surface area contributed by atoms with Gasteiger partial charge in [0, 0.05) is 0 Å². The van der Waals surface area contributed by atoms with E-state index >= 15 is 0 Å². The predicted molar refractivity (Wildman–Crippen MR) is 47.7 cm³/mol. The summed E-state index contributed by atoms with van der Waals surface area (Å²) >= 11 is 0. The van der Waals surface area contributed by atoms with Crippen molar-refractivity contribution in [2.24, 2.45) is 0 Å². The van der Waals surface area contributed by atoms with E-state index in [0.717, 1.165) is 0 Å². The average molecular weight is 239 g/mol. The number of rotatable bonds is 0. The largest absolute Gasteiger partial charge is 2.00 e. The van der Waals surface area contributed by atoms with E-state index in [-0.39, 0.29) is 69.2 Å². The average Bonchev–Trinajstić information content (AvgIpc) is 1.25. The summed E-state index contributed by atoms with van der Waals surface area (Å²) in [4.78, 5) is 28.6. The molecule has 0 heterocycles. The maximum Gasteiger partial charge on any atom is 2.00 e. The molecule has 0 saturated carbocycles. The second kappa shape index (κ2) is 22.5. The fourth-order valence-corrected chi connectivity index (χ4v) is 0. The third kappa shape index (κ3) is 579. The predicted octanol–water partition coefficient (Wildman–Crippen LogP) is -4.72. The molecule has 0 aliphatic heterocycles. The summed E-state index contributed by atoms with van der Waals surface area (Å²) in [6.07, 6.45) is 0. The van der Waals surface area contributed by atoms with Crippen molar-refractivity contribution in [2.45, 2.75) is 0 Å². The standard InChI is InChI=1S/Al.2Mg.2H2O3Si.7H/c;;;2*1-4(2)3;;;;;;;/h;;;2*1-2H;;;;;;;/q;2*+2;;;;;;4*-1. The summed E-state index contributed by atoms with van der Waals surface area (Å²) in [7, 11) is -6.26. The van der Waals surface area contributed by atoms with Gasteiger partial charge >= 0.3 is 64.4 Å². The quantitative estimate of drug-likeness (QED) is 0.315. The molecule has 0 spiro atoms. The minimum atomic E-state index is -3.13. The van der Waals surface area contributed by atoms with Gasteiger partial charge in [0.2, 0.25) is 0 Å². The Kier molecular flexibility index (Phi) is 60.3. The van der Waals surface area contributed by atoms with Crippen LogP contribution in [-0.4, -0.2) is 101 Å². The molecule has 11 heteroatoms. The summed E-state index contributed by atoms with van der Waals surface area (Å²) in [5.41, 5.74) is 0. The molecular formula is H11AlMg2O6Si2. The minimum Gasteiger partial charge on any atom is -1.00 e. The van der Waals surface area contributed by atoms with E-state index in [2.05, 4.69) is 0 Å². The molecule has 0 fully saturated rings. The van der Waals surface area contributed by atoms with Gasteiger partial charge in [-0.2, -0.15) is 0 Å². The van der Waals surface area contributed by atoms with Crippen molar-refractivity contribution in [1.29, 1.82) is 0 Å². The molecule has 6 nitrogen and oxygen atoms in total. The van der Waals surface area contributed by atoms with Gasteiger partial charge in [-0.3, -0.25) is 8.92 Å². The summed E-state index contributed by atoms with van der Waals surface area (Å²) in [5, 5.41) is 0. The van der Waals surface area contributed by atoms with Crippen LogP contribution in [0.2, 0.25) is 0 Å². The molecule has 4 N–H and O–H groups in total. The fourth-order valence-electron chi connectivity index (χ4n) is 0. The topological polar surface area (TPSA) is 115 Å². The molecule has 62 valence electrons. The molecule has 0 rings (SSSR count). The van der Waals surface area contributed by atoms with Gasteiger partial charge in [0.15, 0.2) is 17.4 Å². The summed E-state index contributed by atoms with van der Waals surface area (Å²) in [5.74, 6) is 0. The van der Waals surface area contributed by atoms with Crippen molar-refractivity contribution in [2.75, 3.05) is 0 Å². The Balaban J connectivity index is -0.00000000468. The van der Waals surface area contributed by atoms with Crippen molar-refractivity contribution in [1.82, 2.24) is 0 Å². The van der Waals surface area contributed by atoms with Crippen LogP contribution in [0.5, 0.6) is 0 Å². The zero-order valence-electron chi connectivity index (χ0n) is 9.02. The Labute approximate surface area is 115 Å². The Hall–Kier alpha value is 1.30. The van der Waals surface area contributed by atoms with Gasteiger partial charge in [-0.15, -0.1) is 0 Å². The van der Waals surface area contributed by atoms with Crippen LogP contribution >= 0.6 is 0 Å². The molecular weight excluding hydrogens is 228 g/mol. The number of hydrogen-bond acceptors (Lipinski definition) is 2. The van der Waals surface area contributed by atoms with Gasteiger partial charge in [0.05, 0.1) is 0 Å². The van der Waals surface area contributed by atoms with Crippen molar-refractivity contribution >= 4 is 81.8 Å². The van der Waals surface area contributed by atoms with Crippen LogP contribution in [0, 0.1) is 0 Å². The smallest absolute Gasteiger partial charge is 1.00 e. The van der Waals surface area contributed by atoms with Crippen LogP contribution in [0.15, 0.2) is 0 Å². The van der Waals surface area contributed by atoms with Crippen LogP contribution < -0.4 is 0 Å². The van der Waals surface area contributed by atoms with Crippen molar-refractivity contribution in [3.63, 3.8) is 0 Å². The summed E-state index contributed by atoms with van der Waals surface area (Å²) in [6.45, 7) is 0. The molecule has 0 aromatic heterocycles. The zero-order valence-corrected chi connectivity index (χ0v) is 9.85. The van der Waals surface area contributed by atoms with Crippen molar-refractivity contribution in [3.8, 4) is 0 Å². The Morgan fingerprint density at radius 3 is 0.818 bits per heavy atom. The first-order chi connectivity index (χ1) is 3.46. The third-order valence-electron chi connectivity index (χ3n) is 0. The van der Waals surface area contributed by atoms with E-state index < -0.39 is 18.3 Å². The maximum absolute atomic E-state index is 8.74. The van der Waals surface area contributed by atoms with Crippen LogP contribution in [0.25, 0.3) is 0 Å². The molecule has 0 atom stereocenters. The number of hydrogen-bond donors (Lipinski definition) is 4. The van der Waals surface area contributed by atoms with Crippen LogP contribution in [0.3, 0.4) is 0 Å². The molecule has 0 aromatic rings. The Morgan fingerprint density at radius 1 is 0.818 bits per heavy atom. The molecule has 0 aliphatic rings. The molecule has 0 amide bonds. The normalized spacial score (nSPS) is 4.36. The molecule has 0 saturated heterocycles. The van der Waals surface area contributed by atoms with E-state index in [1.807, 2.05) is 0 Å². The Bertz CT molecular complexity index is 89.1. The van der Waals surface area contributed by atoms with Crippen LogP contribution in [-0.2, 0) is 8.92 Å². The minimum absolute atomic E-state index is 0. The van der Waals surface area contributed by atoms with Gasteiger partial charge < -0.3 is 24.9 Å². The molecule has 11 heavy (non-hydrogen) atoms. The zero-order chi connectivity index (χ0) is 7.15. The van der Waals surface area contributed by atoms with E-state index in [0.29, 0.717) is 0 Å². The molecule has 0 unspecified atom stereocenters. The first-order valence-corrected chi connectivity index (χ1v) is 3.91. The van der Waals surface area contributed by atoms with Gasteiger partial charge in [-0.1, -0.05) is 0 Å². The SMILES string of the molecule is O=[Si](O)O.O=[Si](O)O.[AlH3].[H-].[H-].[H-].[H-].[Mg+2].[Mg+2]. The second-order valence-corrected chi connectivity index (χ2v) is 1.70. The van der Waals surface area contributed by atoms with Crippen molar-refractivity contribution in [3.05, 3.63) is 0 Å². The van der Waals surface area contributed by atoms with E-state index in [1.54, 1.807) is 0 Å². The van der Waals surface area contributed by atoms with E-state index in [1.165, 1.54) is 0 Å². The third-order valence-corrected chi connectivity index (χ3v) is 0. The fraction of sp³-hybridized carbons (Fsp3) is 0. The van der Waals surface area contributed by atoms with Gasteiger partial charge in [-0.05, 0) is 0 Å². The molecule has 0 aromatic carbocycles. The Morgan fingerprint density at radius 2 is 0.818 bits per heavy atom. The molecule has 0 radical (unpaired) electrons. The van der Waals surface area contributed by atoms with Crippen LogP contribution in [0.1, 0.15) is 5.71 Å². The summed E-state index contributed by atoms with van der Waals surface area (Å²) < 4.78 is 17.5. The maximum atomic E-state index is 8.74. The van der Waals surface area contributed by atoms with Crippen molar-refractivity contribution < 1.29 is 33.8 Å². The second-order valence-electron chi connectivity index (χ2n) is 0.565. The molecule has 0 aliphatic carbocycles. The monoisotopic (exact) mass is 238 g/mol. The van der Waals surface area contributed by atoms with Crippen LogP contribution in [0.4, 0.5) is 0 Å². The van der Waals surface area contributed by atoms with Gasteiger partial charge in [0.1, 0.15) is 0 Å². The molecule has 0 bridgehead atoms. The van der Waals surface area contributed by atoms with E-state index in [4.69, 9.17) is 28.1 Å². The van der Waals surface area contributed by atoms with Gasteiger partial charge in [0.25, 0.3) is 0 Å². The summed E-state index contributed by atoms with van der Waals surface area (Å²) in [6, 6.07) is 0. The first-order valence-electron chi connectivity index (χ1n) is 1.30. The van der Waals surface area contributed by atoms with E-state index in [9.17, 15) is 0 Å². The van der Waals surface area contributed by atoms with Gasteiger partial charge in [-0.25, -0.2) is 0 Å².